The molecule has 0 aromatic rings. The van der Waals surface area contributed by atoms with E-state index in [9.17, 15) is 4.79 Å². The molecule has 0 radical (unpaired) electrons. The summed E-state index contributed by atoms with van der Waals surface area (Å²) in [5.74, 6) is 3.47. The third kappa shape index (κ3) is 15.3. The molecule has 3 rings (SSSR count). The maximum Gasteiger partial charge on any atom is 0.209 e. The van der Waals surface area contributed by atoms with E-state index in [4.69, 9.17) is 5.11 Å². The van der Waals surface area contributed by atoms with Crippen molar-refractivity contribution in [3.63, 3.8) is 0 Å². The number of fused-ring (bicyclic) bond motifs is 2. The van der Waals surface area contributed by atoms with Crippen LogP contribution in [0.4, 0.5) is 0 Å². The Hall–Kier alpha value is -1.25. The summed E-state index contributed by atoms with van der Waals surface area (Å²) in [5, 5.41) is 8.22. The van der Waals surface area contributed by atoms with Crippen molar-refractivity contribution < 1.29 is 9.90 Å². The fourth-order valence-electron chi connectivity index (χ4n) is 3.59. The minimum absolute atomic E-state index is 0.380. The van der Waals surface area contributed by atoms with Crippen molar-refractivity contribution >= 4 is 6.41 Å². The summed E-state index contributed by atoms with van der Waals surface area (Å²) in [4.78, 5) is 10.9. The lowest BCUT2D eigenvalue weighted by atomic mass is 9.46. The van der Waals surface area contributed by atoms with Gasteiger partial charge in [-0.1, -0.05) is 73.1 Å². The number of nitrogens with zero attached hydrogens (tertiary/aromatic N) is 1. The van der Waals surface area contributed by atoms with Gasteiger partial charge in [-0.15, -0.1) is 0 Å². The molecule has 0 aliphatic heterocycles. The molecule has 0 spiro atoms. The highest BCUT2D eigenvalue weighted by Crippen LogP contribution is 2.61. The standard InChI is InChI=1S/C15H26.C4H8O.C3H7NO.2C2H6/c1-4-5-6-7-8-12-9-13-11-14(10-12)15(13,2)3;1-3-4(2)5;1-4(2)3-5;2*1-2/h6-7,12-14H,4-5,8-11H2,1-3H3;3,5H,1-2H3;3H,1-2H3;2*1-2H3/b7-6-;4-3+;;;. The maximum absolute atomic E-state index is 9.43. The lowest BCUT2D eigenvalue weighted by Crippen LogP contribution is -2.50. The van der Waals surface area contributed by atoms with Gasteiger partial charge in [0.05, 0.1) is 5.76 Å². The van der Waals surface area contributed by atoms with Gasteiger partial charge < -0.3 is 10.0 Å². The quantitative estimate of drug-likeness (QED) is 0.282. The first-order valence-electron chi connectivity index (χ1n) is 11.8. The molecular weight excluding hydrogens is 358 g/mol. The second-order valence-corrected chi connectivity index (χ2v) is 8.28. The number of carbonyl (C=O) groups excluding carboxylic acids is 1. The van der Waals surface area contributed by atoms with Crippen molar-refractivity contribution in [2.45, 2.75) is 101 Å². The van der Waals surface area contributed by atoms with Gasteiger partial charge in [-0.25, -0.2) is 0 Å². The molecule has 3 aliphatic carbocycles. The van der Waals surface area contributed by atoms with Gasteiger partial charge in [0.15, 0.2) is 0 Å². The van der Waals surface area contributed by atoms with E-state index >= 15 is 0 Å². The number of allylic oxidation sites excluding steroid dienone is 4. The molecule has 2 bridgehead atoms. The predicted octanol–water partition coefficient (Wildman–Crippen LogP) is 8.03. The van der Waals surface area contributed by atoms with Crippen LogP contribution < -0.4 is 0 Å². The van der Waals surface area contributed by atoms with Crippen LogP contribution in [0.3, 0.4) is 0 Å². The van der Waals surface area contributed by atoms with Crippen molar-refractivity contribution in [2.24, 2.45) is 23.2 Å². The molecule has 0 aromatic heterocycles. The molecule has 2 unspecified atom stereocenters. The van der Waals surface area contributed by atoms with E-state index in [-0.39, 0.29) is 0 Å². The first kappa shape index (κ1) is 32.4. The zero-order valence-corrected chi connectivity index (χ0v) is 21.6. The van der Waals surface area contributed by atoms with Gasteiger partial charge in [0.25, 0.3) is 0 Å². The van der Waals surface area contributed by atoms with Crippen LogP contribution >= 0.6 is 0 Å². The largest absolute Gasteiger partial charge is 0.513 e. The van der Waals surface area contributed by atoms with Crippen LogP contribution in [0.2, 0.25) is 0 Å². The highest BCUT2D eigenvalue weighted by atomic mass is 16.3. The highest BCUT2D eigenvalue weighted by Gasteiger charge is 2.52. The van der Waals surface area contributed by atoms with E-state index in [1.54, 1.807) is 34.0 Å². The Bertz CT molecular complexity index is 406. The summed E-state index contributed by atoms with van der Waals surface area (Å²) in [6, 6.07) is 0. The third-order valence-corrected chi connectivity index (χ3v) is 5.63. The maximum atomic E-state index is 9.43. The molecule has 3 heteroatoms. The van der Waals surface area contributed by atoms with Crippen LogP contribution in [0.1, 0.15) is 101 Å². The summed E-state index contributed by atoms with van der Waals surface area (Å²) in [6.45, 7) is 18.6. The lowest BCUT2D eigenvalue weighted by Gasteiger charge is -2.59. The van der Waals surface area contributed by atoms with Gasteiger partial charge in [0.1, 0.15) is 0 Å². The number of rotatable bonds is 5. The van der Waals surface area contributed by atoms with E-state index in [2.05, 4.69) is 32.9 Å². The van der Waals surface area contributed by atoms with Crippen molar-refractivity contribution in [1.29, 1.82) is 0 Å². The Kier molecular flexibility index (Phi) is 22.4. The fourth-order valence-corrected chi connectivity index (χ4v) is 3.59. The molecule has 0 aromatic carbocycles. The zero-order valence-electron chi connectivity index (χ0n) is 21.6. The highest BCUT2D eigenvalue weighted by molar-refractivity contribution is 5.45. The van der Waals surface area contributed by atoms with E-state index in [1.165, 1.54) is 43.4 Å². The molecule has 174 valence electrons. The smallest absolute Gasteiger partial charge is 0.209 e. The number of hydrogen-bond acceptors (Lipinski definition) is 2. The number of aliphatic hydroxyl groups excluding tert-OH is 1. The Morgan fingerprint density at radius 2 is 1.45 bits per heavy atom. The molecule has 1 N–H and O–H groups in total. The van der Waals surface area contributed by atoms with Crippen LogP contribution in [-0.2, 0) is 4.79 Å². The lowest BCUT2D eigenvalue weighted by molar-refractivity contribution is -0.115. The topological polar surface area (TPSA) is 40.5 Å². The van der Waals surface area contributed by atoms with Crippen molar-refractivity contribution in [3.8, 4) is 0 Å². The molecule has 3 nitrogen and oxygen atoms in total. The van der Waals surface area contributed by atoms with Gasteiger partial charge in [-0.05, 0) is 69.1 Å². The van der Waals surface area contributed by atoms with Crippen molar-refractivity contribution in [2.75, 3.05) is 14.1 Å². The van der Waals surface area contributed by atoms with Crippen molar-refractivity contribution in [1.82, 2.24) is 4.90 Å². The summed E-state index contributed by atoms with van der Waals surface area (Å²) in [6.07, 6.45) is 15.6. The monoisotopic (exact) mass is 411 g/mol. The molecule has 2 atom stereocenters. The first-order valence-corrected chi connectivity index (χ1v) is 11.8. The normalized spacial score (nSPS) is 23.3. The summed E-state index contributed by atoms with van der Waals surface area (Å²) in [5.41, 5.74) is 0.684. The van der Waals surface area contributed by atoms with Crippen LogP contribution in [0.5, 0.6) is 0 Å². The molecule has 1 amide bonds. The zero-order chi connectivity index (χ0) is 23.5. The molecule has 0 heterocycles. The minimum atomic E-state index is 0.380. The summed E-state index contributed by atoms with van der Waals surface area (Å²) in [7, 11) is 3.38. The summed E-state index contributed by atoms with van der Waals surface area (Å²) < 4.78 is 0. The van der Waals surface area contributed by atoms with Crippen LogP contribution in [0.25, 0.3) is 0 Å². The Labute approximate surface area is 183 Å². The molecular formula is C26H53NO2. The van der Waals surface area contributed by atoms with Gasteiger partial charge in [-0.2, -0.15) is 0 Å². The Morgan fingerprint density at radius 1 is 1.03 bits per heavy atom. The van der Waals surface area contributed by atoms with Crippen LogP contribution in [0, 0.1) is 23.2 Å². The van der Waals surface area contributed by atoms with E-state index in [1.807, 2.05) is 27.7 Å². The Balaban J connectivity index is -0.000000403. The molecule has 3 fully saturated rings. The van der Waals surface area contributed by atoms with Gasteiger partial charge in [0, 0.05) is 14.1 Å². The summed E-state index contributed by atoms with van der Waals surface area (Å²) >= 11 is 0. The molecule has 3 aliphatic rings. The van der Waals surface area contributed by atoms with E-state index < -0.39 is 0 Å². The van der Waals surface area contributed by atoms with Gasteiger partial charge in [0.2, 0.25) is 6.41 Å². The number of aliphatic hydroxyl groups is 1. The second kappa shape index (κ2) is 20.0. The number of carbonyl (C=O) groups is 1. The number of hydrogen-bond donors (Lipinski definition) is 1. The van der Waals surface area contributed by atoms with Crippen LogP contribution in [0.15, 0.2) is 24.0 Å². The predicted molar refractivity (Wildman–Crippen MR) is 131 cm³/mol. The molecule has 0 saturated heterocycles. The third-order valence-electron chi connectivity index (χ3n) is 5.63. The average Bonchev–Trinajstić information content (AvgIpc) is 2.75. The first-order chi connectivity index (χ1) is 13.7. The minimum Gasteiger partial charge on any atom is -0.513 e. The number of unbranched alkanes of at least 4 members (excludes halogenated alkanes) is 1. The van der Waals surface area contributed by atoms with Crippen LogP contribution in [-0.4, -0.2) is 30.5 Å². The second-order valence-electron chi connectivity index (χ2n) is 8.28. The van der Waals surface area contributed by atoms with Gasteiger partial charge >= 0.3 is 0 Å². The van der Waals surface area contributed by atoms with E-state index in [0.29, 0.717) is 11.2 Å². The molecule has 29 heavy (non-hydrogen) atoms. The SMILES string of the molecule is C/C=C(\C)O.CC.CC.CCC/C=C\CC1CC2CC(C1)C2(C)C.CN(C)C=O. The van der Waals surface area contributed by atoms with Crippen molar-refractivity contribution in [3.05, 3.63) is 24.0 Å². The molecule has 3 saturated carbocycles. The fraction of sp³-hybridized carbons (Fsp3) is 0.808. The van der Waals surface area contributed by atoms with E-state index in [0.717, 1.165) is 24.2 Å². The van der Waals surface area contributed by atoms with Gasteiger partial charge in [-0.3, -0.25) is 4.79 Å². The Morgan fingerprint density at radius 3 is 1.72 bits per heavy atom. The average molecular weight is 412 g/mol. The number of amides is 1.